The van der Waals surface area contributed by atoms with E-state index < -0.39 is 5.54 Å². The van der Waals surface area contributed by atoms with Gasteiger partial charge in [0.2, 0.25) is 0 Å². The molecule has 0 unspecified atom stereocenters. The molecule has 0 bridgehead atoms. The lowest BCUT2D eigenvalue weighted by Crippen LogP contribution is -2.29. The maximum atomic E-state index is 5.95. The molecule has 1 atom stereocenters. The third kappa shape index (κ3) is 1.96. The minimum Gasteiger partial charge on any atom is -0.318 e. The second-order valence-electron chi connectivity index (χ2n) is 2.99. The van der Waals surface area contributed by atoms with Gasteiger partial charge >= 0.3 is 0 Å². The van der Waals surface area contributed by atoms with Gasteiger partial charge in [0.15, 0.2) is 0 Å². The van der Waals surface area contributed by atoms with Crippen LogP contribution in [-0.2, 0) is 5.54 Å². The van der Waals surface area contributed by atoms with E-state index >= 15 is 0 Å². The molecular weight excluding hydrogens is 214 g/mol. The molecule has 0 aliphatic carbocycles. The summed E-state index contributed by atoms with van der Waals surface area (Å²) in [6.45, 7) is 5.63. The predicted octanol–water partition coefficient (Wildman–Crippen LogP) is 2.81. The Morgan fingerprint density at radius 2 is 1.92 bits per heavy atom. The van der Waals surface area contributed by atoms with Crippen molar-refractivity contribution in [2.75, 3.05) is 0 Å². The molecule has 0 aliphatic rings. The van der Waals surface area contributed by atoms with E-state index in [0.717, 1.165) is 10.0 Å². The lowest BCUT2D eigenvalue weighted by atomic mass is 9.94. The van der Waals surface area contributed by atoms with Crippen molar-refractivity contribution in [2.45, 2.75) is 12.5 Å². The van der Waals surface area contributed by atoms with Gasteiger partial charge in [-0.05, 0) is 24.6 Å². The Morgan fingerprint density at radius 3 is 2.33 bits per heavy atom. The Bertz CT molecular complexity index is 274. The Morgan fingerprint density at radius 1 is 1.42 bits per heavy atom. The van der Waals surface area contributed by atoms with Crippen molar-refractivity contribution in [1.82, 2.24) is 0 Å². The van der Waals surface area contributed by atoms with Crippen LogP contribution in [0.5, 0.6) is 0 Å². The van der Waals surface area contributed by atoms with Crippen molar-refractivity contribution in [1.29, 1.82) is 0 Å². The predicted molar refractivity (Wildman–Crippen MR) is 55.9 cm³/mol. The molecule has 0 aromatic heterocycles. The van der Waals surface area contributed by atoms with Crippen molar-refractivity contribution in [3.05, 3.63) is 47.0 Å². The highest BCUT2D eigenvalue weighted by Crippen LogP contribution is 2.20. The van der Waals surface area contributed by atoms with Gasteiger partial charge in [0, 0.05) is 4.47 Å². The molecule has 2 N–H and O–H groups in total. The molecule has 0 heterocycles. The van der Waals surface area contributed by atoms with Crippen LogP contribution < -0.4 is 5.73 Å². The highest BCUT2D eigenvalue weighted by Gasteiger charge is 2.15. The Hall–Kier alpha value is -0.600. The SMILES string of the molecule is C=C[C@](C)(N)c1ccc(Br)cc1. The summed E-state index contributed by atoms with van der Waals surface area (Å²) < 4.78 is 1.06. The van der Waals surface area contributed by atoms with E-state index in [4.69, 9.17) is 5.73 Å². The second kappa shape index (κ2) is 3.42. The Labute approximate surface area is 81.4 Å². The van der Waals surface area contributed by atoms with Gasteiger partial charge in [-0.2, -0.15) is 0 Å². The smallest absolute Gasteiger partial charge is 0.0564 e. The van der Waals surface area contributed by atoms with Crippen molar-refractivity contribution in [3.8, 4) is 0 Å². The van der Waals surface area contributed by atoms with E-state index in [0.29, 0.717) is 0 Å². The molecule has 0 fully saturated rings. The van der Waals surface area contributed by atoms with E-state index in [1.165, 1.54) is 0 Å². The molecule has 0 radical (unpaired) electrons. The number of benzene rings is 1. The van der Waals surface area contributed by atoms with Crippen LogP contribution in [0.25, 0.3) is 0 Å². The van der Waals surface area contributed by atoms with E-state index in [9.17, 15) is 0 Å². The van der Waals surface area contributed by atoms with Gasteiger partial charge in [0.1, 0.15) is 0 Å². The molecule has 0 aliphatic heterocycles. The van der Waals surface area contributed by atoms with Gasteiger partial charge in [-0.15, -0.1) is 6.58 Å². The molecule has 0 spiro atoms. The summed E-state index contributed by atoms with van der Waals surface area (Å²) in [6.07, 6.45) is 1.75. The first-order valence-electron chi connectivity index (χ1n) is 3.75. The molecule has 64 valence electrons. The maximum Gasteiger partial charge on any atom is 0.0564 e. The molecule has 2 heteroatoms. The molecule has 1 rings (SSSR count). The number of nitrogens with two attached hydrogens (primary N) is 1. The summed E-state index contributed by atoms with van der Waals surface area (Å²) in [5.41, 5.74) is 6.59. The molecule has 0 amide bonds. The minimum absolute atomic E-state index is 0.430. The average Bonchev–Trinajstić information content (AvgIpc) is 2.05. The summed E-state index contributed by atoms with van der Waals surface area (Å²) in [7, 11) is 0. The maximum absolute atomic E-state index is 5.95. The number of rotatable bonds is 2. The van der Waals surface area contributed by atoms with Gasteiger partial charge in [0.05, 0.1) is 5.54 Å². The topological polar surface area (TPSA) is 26.0 Å². The van der Waals surface area contributed by atoms with Crippen molar-refractivity contribution >= 4 is 15.9 Å². The normalized spacial score (nSPS) is 15.2. The Kier molecular flexibility index (Phi) is 2.70. The Balaban J connectivity index is 3.04. The lowest BCUT2D eigenvalue weighted by molar-refractivity contribution is 0.632. The lowest BCUT2D eigenvalue weighted by Gasteiger charge is -2.20. The molecular formula is C10H12BrN. The molecule has 1 aromatic rings. The first kappa shape index (κ1) is 9.49. The molecule has 1 aromatic carbocycles. The minimum atomic E-state index is -0.430. The zero-order chi connectivity index (χ0) is 9.19. The van der Waals surface area contributed by atoms with Crippen LogP contribution in [0.15, 0.2) is 41.4 Å². The number of halogens is 1. The third-order valence-electron chi connectivity index (χ3n) is 1.89. The van der Waals surface area contributed by atoms with Crippen LogP contribution in [0.3, 0.4) is 0 Å². The first-order valence-corrected chi connectivity index (χ1v) is 4.54. The van der Waals surface area contributed by atoms with Crippen LogP contribution in [-0.4, -0.2) is 0 Å². The van der Waals surface area contributed by atoms with Crippen LogP contribution in [0.1, 0.15) is 12.5 Å². The van der Waals surface area contributed by atoms with Gasteiger partial charge in [-0.25, -0.2) is 0 Å². The van der Waals surface area contributed by atoms with E-state index in [-0.39, 0.29) is 0 Å². The average molecular weight is 226 g/mol. The molecule has 0 saturated heterocycles. The summed E-state index contributed by atoms with van der Waals surface area (Å²) in [5.74, 6) is 0. The standard InChI is InChI=1S/C10H12BrN/c1-3-10(2,12)8-4-6-9(11)7-5-8/h3-7H,1,12H2,2H3/t10-/m0/s1. The van der Waals surface area contributed by atoms with Crippen molar-refractivity contribution in [2.24, 2.45) is 5.73 Å². The highest BCUT2D eigenvalue weighted by atomic mass is 79.9. The van der Waals surface area contributed by atoms with Gasteiger partial charge in [-0.3, -0.25) is 0 Å². The fourth-order valence-corrected chi connectivity index (χ4v) is 1.19. The quantitative estimate of drug-likeness (QED) is 0.771. The van der Waals surface area contributed by atoms with Crippen LogP contribution >= 0.6 is 15.9 Å². The molecule has 1 nitrogen and oxygen atoms in total. The third-order valence-corrected chi connectivity index (χ3v) is 2.42. The van der Waals surface area contributed by atoms with Crippen LogP contribution in [0.2, 0.25) is 0 Å². The van der Waals surface area contributed by atoms with Crippen molar-refractivity contribution in [3.63, 3.8) is 0 Å². The summed E-state index contributed by atoms with van der Waals surface area (Å²) in [6, 6.07) is 7.94. The summed E-state index contributed by atoms with van der Waals surface area (Å²) in [5, 5.41) is 0. The van der Waals surface area contributed by atoms with Gasteiger partial charge < -0.3 is 5.73 Å². The first-order chi connectivity index (χ1) is 5.56. The zero-order valence-corrected chi connectivity index (χ0v) is 8.64. The molecule has 0 saturated carbocycles. The highest BCUT2D eigenvalue weighted by molar-refractivity contribution is 9.10. The van der Waals surface area contributed by atoms with E-state index in [1.54, 1.807) is 6.08 Å². The zero-order valence-electron chi connectivity index (χ0n) is 7.05. The van der Waals surface area contributed by atoms with Crippen molar-refractivity contribution < 1.29 is 0 Å². The van der Waals surface area contributed by atoms with E-state index in [1.807, 2.05) is 31.2 Å². The van der Waals surface area contributed by atoms with Crippen LogP contribution in [0.4, 0.5) is 0 Å². The summed E-state index contributed by atoms with van der Waals surface area (Å²) in [4.78, 5) is 0. The monoisotopic (exact) mass is 225 g/mol. The second-order valence-corrected chi connectivity index (χ2v) is 3.91. The van der Waals surface area contributed by atoms with Gasteiger partial charge in [0.25, 0.3) is 0 Å². The molecule has 12 heavy (non-hydrogen) atoms. The largest absolute Gasteiger partial charge is 0.318 e. The summed E-state index contributed by atoms with van der Waals surface area (Å²) >= 11 is 3.37. The fraction of sp³-hybridized carbons (Fsp3) is 0.200. The number of hydrogen-bond acceptors (Lipinski definition) is 1. The fourth-order valence-electron chi connectivity index (χ4n) is 0.927. The number of hydrogen-bond donors (Lipinski definition) is 1. The van der Waals surface area contributed by atoms with Crippen LogP contribution in [0, 0.1) is 0 Å². The van der Waals surface area contributed by atoms with Gasteiger partial charge in [-0.1, -0.05) is 34.1 Å². The van der Waals surface area contributed by atoms with E-state index in [2.05, 4.69) is 22.5 Å².